The van der Waals surface area contributed by atoms with E-state index in [4.69, 9.17) is 18.5 Å². The molecule has 0 fully saturated rings. The highest BCUT2D eigenvalue weighted by Gasteiger charge is 2.27. The van der Waals surface area contributed by atoms with Crippen LogP contribution in [0.3, 0.4) is 0 Å². The van der Waals surface area contributed by atoms with Crippen LogP contribution in [-0.2, 0) is 32.7 Å². The van der Waals surface area contributed by atoms with Gasteiger partial charge in [0.25, 0.3) is 0 Å². The average Bonchev–Trinajstić information content (AvgIpc) is 3.21. The molecule has 3 atom stereocenters. The van der Waals surface area contributed by atoms with Crippen LogP contribution < -0.4 is 0 Å². The van der Waals surface area contributed by atoms with Crippen molar-refractivity contribution in [3.63, 3.8) is 0 Å². The molecule has 10 nitrogen and oxygen atoms in total. The molecule has 61 heavy (non-hydrogen) atoms. The van der Waals surface area contributed by atoms with E-state index in [1.807, 2.05) is 69.8 Å². The zero-order valence-electron chi connectivity index (χ0n) is 38.5. The van der Waals surface area contributed by atoms with Gasteiger partial charge >= 0.3 is 19.8 Å². The molecule has 0 aromatic carbocycles. The van der Waals surface area contributed by atoms with Gasteiger partial charge in [-0.1, -0.05) is 149 Å². The molecule has 0 heterocycles. The Morgan fingerprint density at radius 1 is 0.590 bits per heavy atom. The molecule has 0 saturated carbocycles. The topological polar surface area (TPSA) is 129 Å². The predicted molar refractivity (Wildman–Crippen MR) is 253 cm³/mol. The summed E-state index contributed by atoms with van der Waals surface area (Å²) in [4.78, 5) is 35.4. The number of carbonyl (C=O) groups excluding carboxylic acids is 2. The number of hydrogen-bond acceptors (Lipinski definition) is 8. The van der Waals surface area contributed by atoms with E-state index in [2.05, 4.69) is 68.5 Å². The maximum Gasteiger partial charge on any atom is 0.472 e. The van der Waals surface area contributed by atoms with Gasteiger partial charge in [0.15, 0.2) is 6.10 Å². The second-order valence-electron chi connectivity index (χ2n) is 15.9. The summed E-state index contributed by atoms with van der Waals surface area (Å²) < 4.78 is 34.1. The van der Waals surface area contributed by atoms with Crippen molar-refractivity contribution in [2.45, 2.75) is 148 Å². The first kappa shape index (κ1) is 57.6. The van der Waals surface area contributed by atoms with E-state index in [0.29, 0.717) is 43.1 Å². The van der Waals surface area contributed by atoms with Crippen molar-refractivity contribution in [1.82, 2.24) is 0 Å². The molecule has 2 N–H and O–H groups in total. The molecule has 0 amide bonds. The van der Waals surface area contributed by atoms with Crippen molar-refractivity contribution in [1.29, 1.82) is 0 Å². The van der Waals surface area contributed by atoms with Crippen molar-refractivity contribution in [3.8, 4) is 0 Å². The fourth-order valence-corrected chi connectivity index (χ4v) is 5.99. The number of carbonyl (C=O) groups is 2. The van der Waals surface area contributed by atoms with Crippen LogP contribution in [0.4, 0.5) is 0 Å². The lowest BCUT2D eigenvalue weighted by Crippen LogP contribution is -2.37. The van der Waals surface area contributed by atoms with Gasteiger partial charge in [0.1, 0.15) is 19.8 Å². The Labute approximate surface area is 370 Å². The number of hydrogen-bond donors (Lipinski definition) is 2. The standard InChI is InChI=1S/C50H82NO9P/c1-6-8-10-12-14-15-16-17-18-19-20-21-22-23-24-25-29-33-37-41-49(53)57-45-48(46-59-61(55,56)58-44-43-51(3,4)5)60-50(54)42-38-34-30-26-28-32-36-40-47(52)39-35-31-27-13-11-9-7-2/h14-15,17-18,20-21,23-24,26-27,29-33,35-36,39,47-48,52H,6-13,16,19,22,25,28,34,37-38,40-46H2,1-5H3/p+1/b15-14-,18-17-,21-20-,24-23-,30-26+,31-27-,33-29-,36-32-,39-35-/t47-,48+/m0/s1. The van der Waals surface area contributed by atoms with E-state index in [9.17, 15) is 24.2 Å². The number of phosphoric acid groups is 1. The van der Waals surface area contributed by atoms with E-state index in [1.165, 1.54) is 44.9 Å². The number of quaternary nitrogens is 1. The molecule has 0 radical (unpaired) electrons. The number of ether oxygens (including phenoxy) is 2. The third-order valence-electron chi connectivity index (χ3n) is 8.87. The maximum absolute atomic E-state index is 12.7. The van der Waals surface area contributed by atoms with Crippen molar-refractivity contribution < 1.29 is 47.2 Å². The molecule has 0 saturated heterocycles. The molecule has 0 aromatic heterocycles. The largest absolute Gasteiger partial charge is 0.472 e. The molecule has 346 valence electrons. The Hall–Kier alpha value is -3.37. The normalized spacial score (nSPS) is 15.1. The summed E-state index contributed by atoms with van der Waals surface area (Å²) in [5.74, 6) is -1.01. The first-order valence-electron chi connectivity index (χ1n) is 22.7. The molecular formula is C50H83NO9P+. The zero-order valence-corrected chi connectivity index (χ0v) is 39.4. The van der Waals surface area contributed by atoms with E-state index in [-0.39, 0.29) is 26.1 Å². The minimum Gasteiger partial charge on any atom is -0.462 e. The SMILES string of the molecule is CCCCC/C=C\C=C/[C@H](O)C/C=C\C/C=C/CCCC(=O)O[C@H](COC(=O)CC/C=C\C/C=C\C/C=C\C/C=C\C/C=C\CCCCC)COP(=O)(O)OCC[N+](C)(C)C. The molecule has 0 aromatic rings. The molecule has 0 aliphatic carbocycles. The van der Waals surface area contributed by atoms with Gasteiger partial charge in [-0.2, -0.15) is 0 Å². The number of phosphoric ester groups is 1. The third-order valence-corrected chi connectivity index (χ3v) is 9.85. The van der Waals surface area contributed by atoms with Gasteiger partial charge in [0.05, 0.1) is 33.9 Å². The Balaban J connectivity index is 4.64. The number of nitrogens with zero attached hydrogens (tertiary/aromatic N) is 1. The molecule has 1 unspecified atom stereocenters. The van der Waals surface area contributed by atoms with Gasteiger partial charge in [-0.25, -0.2) is 4.57 Å². The highest BCUT2D eigenvalue weighted by molar-refractivity contribution is 7.47. The number of unbranched alkanes of at least 4 members (excludes halogenated alkanes) is 7. The first-order valence-corrected chi connectivity index (χ1v) is 24.2. The number of rotatable bonds is 39. The molecular weight excluding hydrogens is 790 g/mol. The average molecular weight is 873 g/mol. The fraction of sp³-hybridized carbons (Fsp3) is 0.600. The third kappa shape index (κ3) is 44.5. The second kappa shape index (κ2) is 40.7. The van der Waals surface area contributed by atoms with Crippen molar-refractivity contribution in [2.75, 3.05) is 47.5 Å². The van der Waals surface area contributed by atoms with Gasteiger partial charge in [-0.15, -0.1) is 0 Å². The zero-order chi connectivity index (χ0) is 45.1. The minimum atomic E-state index is -4.43. The Bertz CT molecular complexity index is 1420. The summed E-state index contributed by atoms with van der Waals surface area (Å²) in [5, 5.41) is 10.1. The number of aliphatic hydroxyl groups is 1. The highest BCUT2D eigenvalue weighted by atomic mass is 31.2. The van der Waals surface area contributed by atoms with Crippen LogP contribution in [0.5, 0.6) is 0 Å². The van der Waals surface area contributed by atoms with Crippen LogP contribution in [0.25, 0.3) is 0 Å². The van der Waals surface area contributed by atoms with Gasteiger partial charge < -0.3 is 24.0 Å². The lowest BCUT2D eigenvalue weighted by molar-refractivity contribution is -0.870. The minimum absolute atomic E-state index is 0.00756. The molecule has 11 heteroatoms. The van der Waals surface area contributed by atoms with Crippen molar-refractivity contribution in [2.24, 2.45) is 0 Å². The summed E-state index contributed by atoms with van der Waals surface area (Å²) >= 11 is 0. The first-order chi connectivity index (χ1) is 29.4. The predicted octanol–water partition coefficient (Wildman–Crippen LogP) is 12.1. The van der Waals surface area contributed by atoms with Gasteiger partial charge in [-0.3, -0.25) is 18.6 Å². The van der Waals surface area contributed by atoms with Crippen LogP contribution in [-0.4, -0.2) is 86.1 Å². The quantitative estimate of drug-likeness (QED) is 0.0155. The summed E-state index contributed by atoms with van der Waals surface area (Å²) in [6, 6.07) is 0. The molecule has 0 aliphatic rings. The number of aliphatic hydroxyl groups excluding tert-OH is 1. The lowest BCUT2D eigenvalue weighted by Gasteiger charge is -2.24. The van der Waals surface area contributed by atoms with Crippen LogP contribution in [0.15, 0.2) is 109 Å². The van der Waals surface area contributed by atoms with Gasteiger partial charge in [0, 0.05) is 12.8 Å². The Kier molecular flexibility index (Phi) is 38.4. The van der Waals surface area contributed by atoms with Crippen molar-refractivity contribution >= 4 is 19.8 Å². The fourth-order valence-electron chi connectivity index (χ4n) is 5.24. The summed E-state index contributed by atoms with van der Waals surface area (Å²) in [6.07, 6.45) is 51.8. The van der Waals surface area contributed by atoms with Crippen LogP contribution in [0.2, 0.25) is 0 Å². The number of esters is 2. The number of likely N-dealkylation sites (N-methyl/N-ethyl adjacent to an activating group) is 1. The van der Waals surface area contributed by atoms with E-state index >= 15 is 0 Å². The summed E-state index contributed by atoms with van der Waals surface area (Å²) in [7, 11) is 1.34. The van der Waals surface area contributed by atoms with Crippen molar-refractivity contribution in [3.05, 3.63) is 109 Å². The highest BCUT2D eigenvalue weighted by Crippen LogP contribution is 2.43. The summed E-state index contributed by atoms with van der Waals surface area (Å²) in [6.45, 7) is 4.09. The monoisotopic (exact) mass is 873 g/mol. The Morgan fingerprint density at radius 3 is 1.66 bits per heavy atom. The lowest BCUT2D eigenvalue weighted by atomic mass is 10.2. The summed E-state index contributed by atoms with van der Waals surface area (Å²) in [5.41, 5.74) is 0. The molecule has 0 bridgehead atoms. The molecule has 0 spiro atoms. The van der Waals surface area contributed by atoms with Crippen LogP contribution in [0.1, 0.15) is 136 Å². The smallest absolute Gasteiger partial charge is 0.462 e. The van der Waals surface area contributed by atoms with Gasteiger partial charge in [-0.05, 0) is 83.5 Å². The second-order valence-corrected chi connectivity index (χ2v) is 17.4. The van der Waals surface area contributed by atoms with E-state index in [0.717, 1.165) is 32.1 Å². The van der Waals surface area contributed by atoms with E-state index < -0.39 is 38.6 Å². The van der Waals surface area contributed by atoms with Crippen LogP contribution >= 0.6 is 7.82 Å². The maximum atomic E-state index is 12.7. The Morgan fingerprint density at radius 2 is 1.10 bits per heavy atom. The van der Waals surface area contributed by atoms with E-state index in [1.54, 1.807) is 6.08 Å². The molecule has 0 aliphatic heterocycles. The number of allylic oxidation sites excluding steroid dienone is 16. The molecule has 0 rings (SSSR count). The van der Waals surface area contributed by atoms with Gasteiger partial charge in [0.2, 0.25) is 0 Å². The van der Waals surface area contributed by atoms with Crippen LogP contribution in [0, 0.1) is 0 Å².